The number of thiophene rings is 1. The van der Waals surface area contributed by atoms with Gasteiger partial charge in [0.2, 0.25) is 0 Å². The molecule has 2 heterocycles. The summed E-state index contributed by atoms with van der Waals surface area (Å²) in [4.78, 5) is 9.84. The molecule has 0 atom stereocenters. The first-order valence-electron chi connectivity index (χ1n) is 3.99. The Morgan fingerprint density at radius 2 is 2.31 bits per heavy atom. The Morgan fingerprint density at radius 1 is 1.46 bits per heavy atom. The normalized spacial score (nSPS) is 10.9. The van der Waals surface area contributed by atoms with Crippen LogP contribution < -0.4 is 0 Å². The van der Waals surface area contributed by atoms with E-state index >= 15 is 0 Å². The van der Waals surface area contributed by atoms with E-state index in [1.807, 2.05) is 0 Å². The molecule has 68 valence electrons. The van der Waals surface area contributed by atoms with Crippen LogP contribution in [0.4, 0.5) is 0 Å². The average Bonchev–Trinajstić information content (AvgIpc) is 2.50. The van der Waals surface area contributed by atoms with Gasteiger partial charge in [-0.15, -0.1) is 11.3 Å². The minimum absolute atomic E-state index is 0.967. The highest BCUT2D eigenvalue weighted by atomic mass is 32.2. The lowest BCUT2D eigenvalue weighted by molar-refractivity contribution is 1.14. The fourth-order valence-corrected chi connectivity index (χ4v) is 2.61. The van der Waals surface area contributed by atoms with E-state index in [0.29, 0.717) is 0 Å². The van der Waals surface area contributed by atoms with Crippen molar-refractivity contribution in [3.63, 3.8) is 0 Å². The molecule has 0 saturated heterocycles. The molecular formula is C9H10N2S2. The number of fused-ring (bicyclic) bond motifs is 1. The fraction of sp³-hybridized carbons (Fsp3) is 0.333. The van der Waals surface area contributed by atoms with E-state index < -0.39 is 0 Å². The smallest absolute Gasteiger partial charge is 0.116 e. The molecule has 0 spiro atoms. The molecule has 0 aromatic carbocycles. The van der Waals surface area contributed by atoms with Gasteiger partial charge >= 0.3 is 0 Å². The second-order valence-corrected chi connectivity index (χ2v) is 4.76. The number of rotatable bonds is 2. The van der Waals surface area contributed by atoms with E-state index in [1.165, 1.54) is 10.3 Å². The molecule has 2 aromatic rings. The van der Waals surface area contributed by atoms with Gasteiger partial charge < -0.3 is 0 Å². The lowest BCUT2D eigenvalue weighted by atomic mass is 10.3. The number of aromatic nitrogens is 2. The van der Waals surface area contributed by atoms with Crippen LogP contribution in [0, 0.1) is 6.92 Å². The lowest BCUT2D eigenvalue weighted by Crippen LogP contribution is -1.89. The Hall–Kier alpha value is -0.610. The molecule has 0 fully saturated rings. The lowest BCUT2D eigenvalue weighted by Gasteiger charge is -1.98. The van der Waals surface area contributed by atoms with E-state index in [4.69, 9.17) is 0 Å². The molecule has 2 nitrogen and oxygen atoms in total. The summed E-state index contributed by atoms with van der Waals surface area (Å²) in [5.74, 6) is 0.967. The van der Waals surface area contributed by atoms with Crippen LogP contribution in [0.5, 0.6) is 0 Å². The fourth-order valence-electron chi connectivity index (χ4n) is 1.29. The first-order chi connectivity index (χ1) is 6.33. The predicted molar refractivity (Wildman–Crippen MR) is 59.4 cm³/mol. The van der Waals surface area contributed by atoms with Gasteiger partial charge in [0.25, 0.3) is 0 Å². The van der Waals surface area contributed by atoms with Gasteiger partial charge in [0.05, 0.1) is 11.2 Å². The van der Waals surface area contributed by atoms with E-state index in [1.54, 1.807) is 29.4 Å². The van der Waals surface area contributed by atoms with E-state index in [9.17, 15) is 0 Å². The van der Waals surface area contributed by atoms with Crippen LogP contribution in [-0.2, 0) is 5.75 Å². The summed E-state index contributed by atoms with van der Waals surface area (Å²) in [6.07, 6.45) is 3.75. The number of nitrogens with zero attached hydrogens (tertiary/aromatic N) is 2. The Balaban J connectivity index is 2.63. The van der Waals surface area contributed by atoms with Crippen LogP contribution in [0.2, 0.25) is 0 Å². The van der Waals surface area contributed by atoms with Crippen molar-refractivity contribution in [3.8, 4) is 0 Å². The highest BCUT2D eigenvalue weighted by Crippen LogP contribution is 2.25. The zero-order chi connectivity index (χ0) is 9.26. The Kier molecular flexibility index (Phi) is 2.51. The van der Waals surface area contributed by atoms with Crippen molar-refractivity contribution in [1.29, 1.82) is 0 Å². The molecule has 0 bridgehead atoms. The molecule has 2 aromatic heterocycles. The summed E-state index contributed by atoms with van der Waals surface area (Å²) in [6, 6.07) is 0. The Labute approximate surface area is 85.4 Å². The summed E-state index contributed by atoms with van der Waals surface area (Å²) in [5.41, 5.74) is 2.27. The molecule has 0 aliphatic carbocycles. The molecule has 4 heteroatoms. The van der Waals surface area contributed by atoms with Crippen molar-refractivity contribution in [2.45, 2.75) is 12.7 Å². The van der Waals surface area contributed by atoms with Crippen LogP contribution >= 0.6 is 23.1 Å². The van der Waals surface area contributed by atoms with Gasteiger partial charge in [0, 0.05) is 21.4 Å². The molecular weight excluding hydrogens is 200 g/mol. The third-order valence-corrected chi connectivity index (χ3v) is 3.40. The monoisotopic (exact) mass is 210 g/mol. The molecule has 2 rings (SSSR count). The van der Waals surface area contributed by atoms with Crippen LogP contribution in [0.1, 0.15) is 10.6 Å². The van der Waals surface area contributed by atoms with Gasteiger partial charge in [-0.3, -0.25) is 0 Å². The molecule has 0 unspecified atom stereocenters. The second kappa shape index (κ2) is 3.64. The van der Waals surface area contributed by atoms with E-state index in [2.05, 4.69) is 28.5 Å². The molecule has 0 N–H and O–H groups in total. The molecule has 0 amide bonds. The van der Waals surface area contributed by atoms with Crippen molar-refractivity contribution in [2.75, 3.05) is 6.26 Å². The van der Waals surface area contributed by atoms with Crippen molar-refractivity contribution in [2.24, 2.45) is 0 Å². The largest absolute Gasteiger partial charge is 0.240 e. The van der Waals surface area contributed by atoms with Gasteiger partial charge in [-0.25, -0.2) is 9.97 Å². The Bertz CT molecular complexity index is 422. The maximum atomic E-state index is 4.28. The molecule has 13 heavy (non-hydrogen) atoms. The van der Waals surface area contributed by atoms with Gasteiger partial charge in [-0.1, -0.05) is 0 Å². The number of thioether (sulfide) groups is 1. The zero-order valence-electron chi connectivity index (χ0n) is 7.57. The standard InChI is InChI=1S/C9H10N2S2/c1-6-9-7(3-13-6)8(4-12-2)10-5-11-9/h3,5H,4H2,1-2H3. The van der Waals surface area contributed by atoms with E-state index in [-0.39, 0.29) is 0 Å². The molecule has 0 aliphatic rings. The van der Waals surface area contributed by atoms with Crippen LogP contribution in [0.25, 0.3) is 10.9 Å². The third-order valence-electron chi connectivity index (χ3n) is 1.93. The minimum Gasteiger partial charge on any atom is -0.240 e. The first kappa shape index (κ1) is 8.97. The summed E-state index contributed by atoms with van der Waals surface area (Å²) >= 11 is 3.54. The summed E-state index contributed by atoms with van der Waals surface area (Å²) in [7, 11) is 0. The molecule has 0 radical (unpaired) electrons. The van der Waals surface area contributed by atoms with Crippen LogP contribution in [0.3, 0.4) is 0 Å². The summed E-state index contributed by atoms with van der Waals surface area (Å²) in [5, 5.41) is 3.37. The van der Waals surface area contributed by atoms with Crippen molar-refractivity contribution in [3.05, 3.63) is 22.3 Å². The number of hydrogen-bond acceptors (Lipinski definition) is 4. The predicted octanol–water partition coefficient (Wildman–Crippen LogP) is 2.86. The minimum atomic E-state index is 0.967. The number of aryl methyl sites for hydroxylation is 1. The van der Waals surface area contributed by atoms with Gasteiger partial charge in [-0.2, -0.15) is 11.8 Å². The first-order valence-corrected chi connectivity index (χ1v) is 6.27. The van der Waals surface area contributed by atoms with Crippen LogP contribution in [-0.4, -0.2) is 16.2 Å². The van der Waals surface area contributed by atoms with Crippen molar-refractivity contribution >= 4 is 34.0 Å². The average molecular weight is 210 g/mol. The van der Waals surface area contributed by atoms with Crippen LogP contribution in [0.15, 0.2) is 11.7 Å². The molecule has 0 saturated carbocycles. The van der Waals surface area contributed by atoms with Gasteiger partial charge in [-0.05, 0) is 13.2 Å². The maximum Gasteiger partial charge on any atom is 0.116 e. The van der Waals surface area contributed by atoms with Gasteiger partial charge in [0.1, 0.15) is 6.33 Å². The third kappa shape index (κ3) is 1.56. The quantitative estimate of drug-likeness (QED) is 0.762. The Morgan fingerprint density at radius 3 is 3.08 bits per heavy atom. The zero-order valence-corrected chi connectivity index (χ0v) is 9.21. The summed E-state index contributed by atoms with van der Waals surface area (Å²) in [6.45, 7) is 2.10. The highest BCUT2D eigenvalue weighted by molar-refractivity contribution is 7.97. The number of hydrogen-bond donors (Lipinski definition) is 0. The maximum absolute atomic E-state index is 4.28. The van der Waals surface area contributed by atoms with Crippen molar-refractivity contribution < 1.29 is 0 Å². The second-order valence-electron chi connectivity index (χ2n) is 2.81. The van der Waals surface area contributed by atoms with Crippen molar-refractivity contribution in [1.82, 2.24) is 9.97 Å². The highest BCUT2D eigenvalue weighted by Gasteiger charge is 2.06. The van der Waals surface area contributed by atoms with E-state index in [0.717, 1.165) is 17.0 Å². The SMILES string of the molecule is CSCc1ncnc2c(C)scc12. The topological polar surface area (TPSA) is 25.8 Å². The summed E-state index contributed by atoms with van der Waals surface area (Å²) < 4.78 is 0. The molecule has 0 aliphatic heterocycles. The van der Waals surface area contributed by atoms with Gasteiger partial charge in [0.15, 0.2) is 0 Å².